The van der Waals surface area contributed by atoms with Gasteiger partial charge in [0.15, 0.2) is 46.5 Å². The number of aliphatic hydroxyl groups excluding tert-OH is 1. The summed E-state index contributed by atoms with van der Waals surface area (Å²) in [5, 5.41) is 54.2. The Morgan fingerprint density at radius 1 is 0.267 bits per heavy atom. The van der Waals surface area contributed by atoms with Crippen LogP contribution in [0.15, 0.2) is 194 Å². The minimum Gasteiger partial charge on any atom is -0.400 e. The predicted molar refractivity (Wildman–Crippen MR) is 405 cm³/mol. The molecule has 0 saturated carbocycles. The minimum absolute atomic E-state index is 0.533. The molecular weight excluding hydrogens is 1410 g/mol. The topological polar surface area (TPSA) is 454 Å². The number of para-hydroxylation sites is 16. The van der Waals surface area contributed by atoms with Crippen LogP contribution >= 0.6 is 24.1 Å². The highest BCUT2D eigenvalue weighted by Gasteiger charge is 2.23. The van der Waals surface area contributed by atoms with E-state index in [1.54, 1.807) is 12.5 Å². The third-order valence-electron chi connectivity index (χ3n) is 14.7. The Hall–Kier alpha value is -12.8. The molecule has 0 unspecified atom stereocenters. The summed E-state index contributed by atoms with van der Waals surface area (Å²) in [5.74, 6) is 5.30. The number of fused-ring (bicyclic) bond motifs is 16. The van der Waals surface area contributed by atoms with Crippen LogP contribution in [0.1, 0.15) is 0 Å². The molecule has 526 valence electrons. The molecule has 20 rings (SSSR count). The van der Waals surface area contributed by atoms with Crippen molar-refractivity contribution in [3.05, 3.63) is 194 Å². The Kier molecular flexibility index (Phi) is 21.8. The molecule has 0 aliphatic carbocycles. The average molecular weight is 1470 g/mol. The maximum Gasteiger partial charge on any atom is 0.261 e. The molecule has 4 aliphatic heterocycles. The zero-order valence-electron chi connectivity index (χ0n) is 55.1. The maximum absolute atomic E-state index is 9.19. The lowest BCUT2D eigenvalue weighted by Gasteiger charge is -2.20. The number of hydrogen-bond acceptors (Lipinski definition) is 35. The van der Waals surface area contributed by atoms with E-state index in [1.807, 2.05) is 194 Å². The van der Waals surface area contributed by atoms with Gasteiger partial charge in [-0.1, -0.05) is 107 Å². The lowest BCUT2D eigenvalue weighted by molar-refractivity contribution is -0.432. The van der Waals surface area contributed by atoms with Gasteiger partial charge in [-0.25, -0.2) is 90.3 Å². The Labute approximate surface area is 602 Å². The molecule has 0 atom stereocenters. The molecule has 16 aromatic rings. The molecule has 0 bridgehead atoms. The van der Waals surface area contributed by atoms with Crippen LogP contribution in [-0.2, 0) is 28.9 Å². The van der Waals surface area contributed by atoms with Crippen molar-refractivity contribution in [2.75, 3.05) is 68.4 Å². The molecule has 8 aromatic heterocycles. The fourth-order valence-corrected chi connectivity index (χ4v) is 10.5. The van der Waals surface area contributed by atoms with Crippen molar-refractivity contribution in [1.29, 1.82) is 0 Å². The van der Waals surface area contributed by atoms with Crippen molar-refractivity contribution >= 4 is 216 Å². The van der Waals surface area contributed by atoms with Crippen LogP contribution in [0, 0.1) is 0 Å². The molecule has 12 heterocycles. The van der Waals surface area contributed by atoms with Crippen LogP contribution in [0.4, 0.5) is 92.0 Å². The van der Waals surface area contributed by atoms with Crippen LogP contribution in [0.25, 0.3) is 89.3 Å². The van der Waals surface area contributed by atoms with E-state index in [1.165, 1.54) is 0 Å². The van der Waals surface area contributed by atoms with E-state index in [4.69, 9.17) is 20.2 Å². The van der Waals surface area contributed by atoms with Gasteiger partial charge in [0.2, 0.25) is 45.2 Å². The molecule has 34 nitrogen and oxygen atoms in total. The molecule has 8 aromatic carbocycles. The van der Waals surface area contributed by atoms with Crippen LogP contribution in [0.3, 0.4) is 0 Å². The lowest BCUT2D eigenvalue weighted by atomic mass is 10.2. The second-order valence-electron chi connectivity index (χ2n) is 21.7. The van der Waals surface area contributed by atoms with Crippen molar-refractivity contribution in [3.8, 4) is 0 Å². The average Bonchev–Trinajstić information content (AvgIpc) is 0.786. The Morgan fingerprint density at radius 3 is 0.495 bits per heavy atom. The fourth-order valence-electron chi connectivity index (χ4n) is 10.4. The number of aliphatic hydroxyl groups is 1. The summed E-state index contributed by atoms with van der Waals surface area (Å²) >= 11 is 1.86. The summed E-state index contributed by atoms with van der Waals surface area (Å²) in [6.45, 7) is 0. The summed E-state index contributed by atoms with van der Waals surface area (Å²) in [7, 11) is -2.67. The largest absolute Gasteiger partial charge is 0.400 e. The van der Waals surface area contributed by atoms with Gasteiger partial charge in [0.25, 0.3) is 10.1 Å². The molecular formula is C68H56N24O10S3. The van der Waals surface area contributed by atoms with Crippen molar-refractivity contribution < 1.29 is 47.3 Å². The van der Waals surface area contributed by atoms with Gasteiger partial charge in [-0.05, 0) is 97.1 Å². The number of anilines is 16. The van der Waals surface area contributed by atoms with Crippen molar-refractivity contribution in [2.24, 2.45) is 0 Å². The summed E-state index contributed by atoms with van der Waals surface area (Å²) in [6.07, 6.45) is 3.96. The number of aromatic nitrogens is 16. The standard InChI is InChI=1S/4C16H10N6.3CH4O3S.CH4O/c4*1-2-6-10-9(5-1)17-13-14(18-10)22-16-15(21-13)19-11-7-3-4-8-12(11)20-16;1-5(2,3)4;2*1-5-4-3-2;1-2/h4*1-8H,(H,17,19,21)(H,18,20,22);1H3,(H,2,3,4);2*2H,1H3;2H,1H3. The molecule has 105 heavy (non-hydrogen) atoms. The first kappa shape index (κ1) is 70.6. The third kappa shape index (κ3) is 16.9. The van der Waals surface area contributed by atoms with Gasteiger partial charge in [0.1, 0.15) is 0 Å². The van der Waals surface area contributed by atoms with E-state index < -0.39 is 10.1 Å². The molecule has 37 heteroatoms. The Bertz CT molecular complexity index is 4960. The number of rotatable bonds is 4. The summed E-state index contributed by atoms with van der Waals surface area (Å²) < 4.78 is 33.5. The summed E-state index contributed by atoms with van der Waals surface area (Å²) in [5.41, 5.74) is 18.5. The molecule has 12 N–H and O–H groups in total. The van der Waals surface area contributed by atoms with Crippen LogP contribution in [0.2, 0.25) is 0 Å². The third-order valence-corrected chi connectivity index (χ3v) is 15.1. The Morgan fingerprint density at radius 2 is 0.390 bits per heavy atom. The number of nitrogens with one attached hydrogen (secondary N) is 8. The van der Waals surface area contributed by atoms with Crippen molar-refractivity contribution in [2.45, 2.75) is 0 Å². The Balaban J connectivity index is 0.000000116. The first-order chi connectivity index (χ1) is 51.3. The predicted octanol–water partition coefficient (Wildman–Crippen LogP) is 14.0. The van der Waals surface area contributed by atoms with Gasteiger partial charge in [-0.15, -0.1) is 8.67 Å². The first-order valence-corrected chi connectivity index (χ1v) is 35.1. The fraction of sp³-hybridized carbons (Fsp3) is 0.0588. The van der Waals surface area contributed by atoms with Crippen molar-refractivity contribution in [1.82, 2.24) is 79.7 Å². The minimum atomic E-state index is -3.67. The van der Waals surface area contributed by atoms with Gasteiger partial charge in [0.05, 0.1) is 95.9 Å². The van der Waals surface area contributed by atoms with E-state index in [0.29, 0.717) is 98.0 Å². The summed E-state index contributed by atoms with van der Waals surface area (Å²) in [4.78, 5) is 72.7. The van der Waals surface area contributed by atoms with Crippen LogP contribution < -0.4 is 42.5 Å². The van der Waals surface area contributed by atoms with E-state index in [2.05, 4.69) is 141 Å². The van der Waals surface area contributed by atoms with Crippen molar-refractivity contribution in [3.63, 3.8) is 0 Å². The molecule has 0 fully saturated rings. The molecule has 0 radical (unpaired) electrons. The quantitative estimate of drug-likeness (QED) is 0.0256. The monoisotopic (exact) mass is 1460 g/mol. The SMILES string of the molecule is CO.CS(=O)(=O)O.CSOOO.CSOOO.c1ccc2c(c1)Nc1nc3nc4ccccc4nc3nc1N2.c1ccc2c(c1)Nc1nc3nc4ccccc4nc3nc1N2.c1ccc2c(c1)Nc1nc3nc4ccccc4nc3nc1N2.c1ccc2c(c1)Nc1nc3nc4ccccc4nc3nc1N2. The second-order valence-corrected chi connectivity index (χ2v) is 24.1. The smallest absolute Gasteiger partial charge is 0.261 e. The van der Waals surface area contributed by atoms with Gasteiger partial charge in [-0.3, -0.25) is 4.55 Å². The number of hydrogen-bond donors (Lipinski definition) is 12. The van der Waals surface area contributed by atoms with E-state index in [9.17, 15) is 8.42 Å². The lowest BCUT2D eigenvalue weighted by Crippen LogP contribution is -2.10. The van der Waals surface area contributed by atoms with Gasteiger partial charge < -0.3 is 47.6 Å². The van der Waals surface area contributed by atoms with E-state index in [0.717, 1.165) is 121 Å². The van der Waals surface area contributed by atoms with E-state index in [-0.39, 0.29) is 0 Å². The van der Waals surface area contributed by atoms with E-state index >= 15 is 0 Å². The molecule has 0 saturated heterocycles. The second kappa shape index (κ2) is 32.5. The van der Waals surface area contributed by atoms with Gasteiger partial charge in [0, 0.05) is 43.7 Å². The number of nitrogens with zero attached hydrogens (tertiary/aromatic N) is 16. The first-order valence-electron chi connectivity index (χ1n) is 31.0. The highest BCUT2D eigenvalue weighted by atomic mass is 32.2. The highest BCUT2D eigenvalue weighted by Crippen LogP contribution is 2.41. The zero-order valence-corrected chi connectivity index (χ0v) is 57.5. The molecule has 0 amide bonds. The molecule has 0 spiro atoms. The van der Waals surface area contributed by atoms with Crippen LogP contribution in [0.5, 0.6) is 0 Å². The van der Waals surface area contributed by atoms with Crippen LogP contribution in [-0.4, -0.2) is 134 Å². The van der Waals surface area contributed by atoms with Gasteiger partial charge >= 0.3 is 0 Å². The summed E-state index contributed by atoms with van der Waals surface area (Å²) in [6, 6.07) is 62.5. The maximum atomic E-state index is 9.19. The number of benzene rings is 8. The highest BCUT2D eigenvalue weighted by molar-refractivity contribution is 7.94. The molecule has 4 aliphatic rings. The zero-order chi connectivity index (χ0) is 72.8. The normalized spacial score (nSPS) is 11.8. The van der Waals surface area contributed by atoms with Gasteiger partial charge in [-0.2, -0.15) is 8.42 Å².